The smallest absolute Gasteiger partial charge is 0.321 e. The van der Waals surface area contributed by atoms with Crippen LogP contribution in [0.4, 0.5) is 21.9 Å². The first-order valence-corrected chi connectivity index (χ1v) is 9.75. The molecule has 1 aromatic heterocycles. The summed E-state index contributed by atoms with van der Waals surface area (Å²) in [5.41, 5.74) is 2.76. The Morgan fingerprint density at radius 1 is 1.00 bits per heavy atom. The molecule has 0 saturated carbocycles. The molecule has 28 heavy (non-hydrogen) atoms. The molecule has 4 rings (SSSR count). The number of urea groups is 1. The number of carbonyl (C=O) groups excluding carboxylic acids is 2. The Balaban J connectivity index is 1.32. The summed E-state index contributed by atoms with van der Waals surface area (Å²) in [7, 11) is 0. The number of amides is 3. The lowest BCUT2D eigenvalue weighted by Gasteiger charge is -2.36. The lowest BCUT2D eigenvalue weighted by Crippen LogP contribution is -2.50. The van der Waals surface area contributed by atoms with E-state index in [0.29, 0.717) is 19.5 Å². The zero-order chi connectivity index (χ0) is 19.5. The summed E-state index contributed by atoms with van der Waals surface area (Å²) in [6.45, 7) is 5.00. The van der Waals surface area contributed by atoms with Crippen molar-refractivity contribution in [3.63, 3.8) is 0 Å². The molecule has 0 aliphatic carbocycles. The van der Waals surface area contributed by atoms with Crippen LogP contribution in [0.25, 0.3) is 0 Å². The van der Waals surface area contributed by atoms with Crippen LogP contribution in [0.2, 0.25) is 0 Å². The number of piperazine rings is 1. The molecule has 3 heterocycles. The fourth-order valence-electron chi connectivity index (χ4n) is 3.86. The van der Waals surface area contributed by atoms with Crippen molar-refractivity contribution in [3.8, 4) is 0 Å². The molecule has 7 nitrogen and oxygen atoms in total. The number of hydrogen-bond donors (Lipinski definition) is 1. The van der Waals surface area contributed by atoms with Crippen molar-refractivity contribution in [3.05, 3.63) is 48.8 Å². The number of anilines is 3. The van der Waals surface area contributed by atoms with E-state index in [2.05, 4.69) is 22.1 Å². The third-order valence-corrected chi connectivity index (χ3v) is 5.48. The maximum absolute atomic E-state index is 12.6. The van der Waals surface area contributed by atoms with E-state index in [0.717, 1.165) is 36.6 Å². The minimum atomic E-state index is -0.0901. The maximum atomic E-state index is 12.6. The van der Waals surface area contributed by atoms with Gasteiger partial charge in [-0.15, -0.1) is 0 Å². The van der Waals surface area contributed by atoms with Crippen LogP contribution in [0, 0.1) is 0 Å². The van der Waals surface area contributed by atoms with Crippen molar-refractivity contribution in [2.75, 3.05) is 41.3 Å². The summed E-state index contributed by atoms with van der Waals surface area (Å²) in [6, 6.07) is 11.6. The summed E-state index contributed by atoms with van der Waals surface area (Å²) in [5.74, 6) is 0.163. The van der Waals surface area contributed by atoms with Crippen molar-refractivity contribution >= 4 is 29.0 Å². The first kappa shape index (κ1) is 18.3. The fourth-order valence-corrected chi connectivity index (χ4v) is 3.86. The van der Waals surface area contributed by atoms with Gasteiger partial charge in [0.25, 0.3) is 0 Å². The van der Waals surface area contributed by atoms with Gasteiger partial charge >= 0.3 is 6.03 Å². The maximum Gasteiger partial charge on any atom is 0.321 e. The average molecular weight is 379 g/mol. The highest BCUT2D eigenvalue weighted by molar-refractivity contribution is 5.96. The van der Waals surface area contributed by atoms with Gasteiger partial charge < -0.3 is 20.0 Å². The first-order valence-electron chi connectivity index (χ1n) is 9.75. The molecular weight excluding hydrogens is 354 g/mol. The van der Waals surface area contributed by atoms with Crippen LogP contribution in [0.15, 0.2) is 48.8 Å². The van der Waals surface area contributed by atoms with Gasteiger partial charge in [0.15, 0.2) is 0 Å². The molecule has 146 valence electrons. The average Bonchev–Trinajstić information content (AvgIpc) is 3.07. The standard InChI is InChI=1S/C21H25N5O2/c1-16-2-7-20(27)26(16)19-5-3-17(4-6-19)23-21(28)25-14-12-24(13-15-25)18-8-10-22-11-9-18/h3-6,8-11,16H,2,7,12-15H2,1H3,(H,23,28). The molecule has 0 spiro atoms. The summed E-state index contributed by atoms with van der Waals surface area (Å²) in [4.78, 5) is 34.6. The van der Waals surface area contributed by atoms with Gasteiger partial charge in [0.05, 0.1) is 0 Å². The number of carbonyl (C=O) groups is 2. The molecule has 7 heteroatoms. The zero-order valence-electron chi connectivity index (χ0n) is 16.0. The van der Waals surface area contributed by atoms with E-state index in [4.69, 9.17) is 0 Å². The van der Waals surface area contributed by atoms with Crippen molar-refractivity contribution in [2.24, 2.45) is 0 Å². The number of hydrogen-bond acceptors (Lipinski definition) is 4. The number of pyridine rings is 1. The summed E-state index contributed by atoms with van der Waals surface area (Å²) in [5, 5.41) is 2.96. The molecule has 1 N–H and O–H groups in total. The number of aromatic nitrogens is 1. The molecule has 2 aliphatic rings. The van der Waals surface area contributed by atoms with E-state index in [1.807, 2.05) is 46.2 Å². The Kier molecular flexibility index (Phi) is 5.14. The minimum absolute atomic E-state index is 0.0901. The third-order valence-electron chi connectivity index (χ3n) is 5.48. The second-order valence-electron chi connectivity index (χ2n) is 7.31. The van der Waals surface area contributed by atoms with Gasteiger partial charge in [0.1, 0.15) is 0 Å². The molecule has 2 aliphatic heterocycles. The topological polar surface area (TPSA) is 68.8 Å². The van der Waals surface area contributed by atoms with Gasteiger partial charge in [-0.2, -0.15) is 0 Å². The van der Waals surface area contributed by atoms with E-state index in [9.17, 15) is 9.59 Å². The quantitative estimate of drug-likeness (QED) is 0.890. The molecule has 2 aromatic rings. The van der Waals surface area contributed by atoms with Crippen LogP contribution >= 0.6 is 0 Å². The zero-order valence-corrected chi connectivity index (χ0v) is 16.0. The lowest BCUT2D eigenvalue weighted by molar-refractivity contribution is -0.117. The molecule has 1 unspecified atom stereocenters. The van der Waals surface area contributed by atoms with Gasteiger partial charge in [0, 0.05) is 68.1 Å². The molecule has 0 bridgehead atoms. The molecular formula is C21H25N5O2. The molecule has 0 radical (unpaired) electrons. The van der Waals surface area contributed by atoms with Gasteiger partial charge in [-0.25, -0.2) is 4.79 Å². The Hall–Kier alpha value is -3.09. The Morgan fingerprint density at radius 2 is 1.68 bits per heavy atom. The van der Waals surface area contributed by atoms with Gasteiger partial charge in [-0.05, 0) is 49.7 Å². The number of nitrogens with one attached hydrogen (secondary N) is 1. The van der Waals surface area contributed by atoms with E-state index >= 15 is 0 Å². The number of rotatable bonds is 3. The van der Waals surface area contributed by atoms with E-state index in [1.54, 1.807) is 12.4 Å². The second kappa shape index (κ2) is 7.88. The van der Waals surface area contributed by atoms with Crippen LogP contribution < -0.4 is 15.1 Å². The lowest BCUT2D eigenvalue weighted by atomic mass is 10.2. The third kappa shape index (κ3) is 3.78. The molecule has 2 fully saturated rings. The molecule has 2 saturated heterocycles. The molecule has 1 atom stereocenters. The molecule has 3 amide bonds. The van der Waals surface area contributed by atoms with Crippen LogP contribution in [0.5, 0.6) is 0 Å². The Labute approximate surface area is 164 Å². The van der Waals surface area contributed by atoms with E-state index < -0.39 is 0 Å². The van der Waals surface area contributed by atoms with Gasteiger partial charge in [0.2, 0.25) is 5.91 Å². The van der Waals surface area contributed by atoms with Crippen LogP contribution in [0.3, 0.4) is 0 Å². The second-order valence-corrected chi connectivity index (χ2v) is 7.31. The fraction of sp³-hybridized carbons (Fsp3) is 0.381. The van der Waals surface area contributed by atoms with Crippen LogP contribution in [-0.4, -0.2) is 54.0 Å². The Bertz CT molecular complexity index is 832. The van der Waals surface area contributed by atoms with Crippen molar-refractivity contribution in [2.45, 2.75) is 25.8 Å². The SMILES string of the molecule is CC1CCC(=O)N1c1ccc(NC(=O)N2CCN(c3ccncc3)CC2)cc1. The van der Waals surface area contributed by atoms with Crippen LogP contribution in [-0.2, 0) is 4.79 Å². The number of nitrogens with zero attached hydrogens (tertiary/aromatic N) is 4. The Morgan fingerprint density at radius 3 is 2.29 bits per heavy atom. The number of benzene rings is 1. The minimum Gasteiger partial charge on any atom is -0.368 e. The largest absolute Gasteiger partial charge is 0.368 e. The summed E-state index contributed by atoms with van der Waals surface area (Å²) < 4.78 is 0. The predicted octanol–water partition coefficient (Wildman–Crippen LogP) is 2.95. The van der Waals surface area contributed by atoms with Crippen LogP contribution in [0.1, 0.15) is 19.8 Å². The predicted molar refractivity (Wildman–Crippen MR) is 110 cm³/mol. The first-order chi connectivity index (χ1) is 13.6. The normalized spacial score (nSPS) is 19.8. The van der Waals surface area contributed by atoms with Gasteiger partial charge in [-0.3, -0.25) is 9.78 Å². The highest BCUT2D eigenvalue weighted by atomic mass is 16.2. The van der Waals surface area contributed by atoms with Gasteiger partial charge in [-0.1, -0.05) is 0 Å². The van der Waals surface area contributed by atoms with Crippen molar-refractivity contribution in [1.29, 1.82) is 0 Å². The highest BCUT2D eigenvalue weighted by Crippen LogP contribution is 2.27. The van der Waals surface area contributed by atoms with E-state index in [1.165, 1.54) is 0 Å². The highest BCUT2D eigenvalue weighted by Gasteiger charge is 2.28. The molecule has 1 aromatic carbocycles. The van der Waals surface area contributed by atoms with Crippen molar-refractivity contribution < 1.29 is 9.59 Å². The van der Waals surface area contributed by atoms with Crippen molar-refractivity contribution in [1.82, 2.24) is 9.88 Å². The summed E-state index contributed by atoms with van der Waals surface area (Å²) in [6.07, 6.45) is 5.07. The monoisotopic (exact) mass is 379 g/mol. The van der Waals surface area contributed by atoms with E-state index in [-0.39, 0.29) is 18.0 Å². The summed E-state index contributed by atoms with van der Waals surface area (Å²) >= 11 is 0.